The van der Waals surface area contributed by atoms with E-state index >= 15 is 0 Å². The summed E-state index contributed by atoms with van der Waals surface area (Å²) in [6, 6.07) is 8.15. The van der Waals surface area contributed by atoms with Crippen molar-refractivity contribution in [3.8, 4) is 0 Å². The number of aryl methyl sites for hydroxylation is 1. The van der Waals surface area contributed by atoms with Crippen molar-refractivity contribution < 1.29 is 0 Å². The average molecular weight is 270 g/mol. The number of fused-ring (bicyclic) bond motifs is 1. The molecule has 106 valence electrons. The summed E-state index contributed by atoms with van der Waals surface area (Å²) in [6.45, 7) is 0.905. The molecule has 1 unspecified atom stereocenters. The molecule has 3 nitrogen and oxygen atoms in total. The lowest BCUT2D eigenvalue weighted by Gasteiger charge is -2.29. The number of hydrogen-bond donors (Lipinski definition) is 0. The van der Waals surface area contributed by atoms with Crippen LogP contribution in [0.1, 0.15) is 38.5 Å². The van der Waals surface area contributed by atoms with Crippen LogP contribution in [0.15, 0.2) is 29.1 Å². The predicted molar refractivity (Wildman–Crippen MR) is 80.8 cm³/mol. The number of imidazole rings is 1. The molecule has 4 rings (SSSR count). The first-order valence-corrected chi connectivity index (χ1v) is 7.83. The van der Waals surface area contributed by atoms with Crippen LogP contribution in [0.2, 0.25) is 0 Å². The zero-order valence-electron chi connectivity index (χ0n) is 12.1. The van der Waals surface area contributed by atoms with E-state index in [2.05, 4.69) is 6.07 Å². The van der Waals surface area contributed by atoms with Gasteiger partial charge in [0, 0.05) is 13.6 Å². The number of nitrogens with zero attached hydrogens (tertiary/aromatic N) is 2. The Morgan fingerprint density at radius 2 is 1.95 bits per heavy atom. The quantitative estimate of drug-likeness (QED) is 0.822. The molecule has 1 heterocycles. The van der Waals surface area contributed by atoms with Crippen molar-refractivity contribution in [1.29, 1.82) is 0 Å². The van der Waals surface area contributed by atoms with Crippen LogP contribution in [-0.2, 0) is 13.6 Å². The molecule has 2 aliphatic carbocycles. The van der Waals surface area contributed by atoms with Gasteiger partial charge in [-0.3, -0.25) is 9.13 Å². The summed E-state index contributed by atoms with van der Waals surface area (Å²) in [4.78, 5) is 12.5. The third-order valence-corrected chi connectivity index (χ3v) is 5.49. The normalized spacial score (nSPS) is 24.4. The van der Waals surface area contributed by atoms with Gasteiger partial charge in [-0.1, -0.05) is 18.6 Å². The van der Waals surface area contributed by atoms with Gasteiger partial charge < -0.3 is 0 Å². The molecule has 0 aliphatic heterocycles. The maximum absolute atomic E-state index is 12.5. The van der Waals surface area contributed by atoms with Gasteiger partial charge >= 0.3 is 5.69 Å². The Hall–Kier alpha value is -1.51. The molecular formula is C17H22N2O. The summed E-state index contributed by atoms with van der Waals surface area (Å²) in [5.41, 5.74) is 2.96. The molecule has 0 radical (unpaired) electrons. The predicted octanol–water partition coefficient (Wildman–Crippen LogP) is 3.31. The highest BCUT2D eigenvalue weighted by atomic mass is 16.1. The van der Waals surface area contributed by atoms with Crippen LogP contribution in [0.3, 0.4) is 0 Å². The summed E-state index contributed by atoms with van der Waals surface area (Å²) in [5.74, 6) is 0.690. The van der Waals surface area contributed by atoms with E-state index in [1.807, 2.05) is 29.8 Å². The summed E-state index contributed by atoms with van der Waals surface area (Å²) < 4.78 is 3.78. The van der Waals surface area contributed by atoms with E-state index in [4.69, 9.17) is 0 Å². The first-order chi connectivity index (χ1) is 9.69. The van der Waals surface area contributed by atoms with E-state index in [1.54, 1.807) is 4.57 Å². The summed E-state index contributed by atoms with van der Waals surface area (Å²) >= 11 is 0. The van der Waals surface area contributed by atoms with Crippen molar-refractivity contribution in [2.45, 2.75) is 45.1 Å². The highest BCUT2D eigenvalue weighted by Gasteiger charge is 2.45. The van der Waals surface area contributed by atoms with Gasteiger partial charge in [-0.2, -0.15) is 0 Å². The number of benzene rings is 1. The highest BCUT2D eigenvalue weighted by Crippen LogP contribution is 2.57. The Balaban J connectivity index is 1.68. The van der Waals surface area contributed by atoms with E-state index in [0.29, 0.717) is 11.3 Å². The second-order valence-electron chi connectivity index (χ2n) is 6.90. The van der Waals surface area contributed by atoms with E-state index in [-0.39, 0.29) is 5.69 Å². The van der Waals surface area contributed by atoms with Crippen LogP contribution in [0.4, 0.5) is 0 Å². The Labute approximate surface area is 119 Å². The third kappa shape index (κ3) is 1.83. The van der Waals surface area contributed by atoms with Crippen molar-refractivity contribution in [2.75, 3.05) is 0 Å². The second-order valence-corrected chi connectivity index (χ2v) is 6.90. The smallest absolute Gasteiger partial charge is 0.295 e. The van der Waals surface area contributed by atoms with E-state index < -0.39 is 0 Å². The van der Waals surface area contributed by atoms with Crippen LogP contribution in [0, 0.1) is 11.3 Å². The molecule has 1 spiro atoms. The lowest BCUT2D eigenvalue weighted by molar-refractivity contribution is 0.226. The molecule has 1 aromatic carbocycles. The maximum atomic E-state index is 12.5. The molecule has 20 heavy (non-hydrogen) atoms. The highest BCUT2D eigenvalue weighted by molar-refractivity contribution is 5.75. The zero-order valence-corrected chi connectivity index (χ0v) is 12.1. The summed E-state index contributed by atoms with van der Waals surface area (Å²) in [7, 11) is 1.88. The molecule has 0 saturated heterocycles. The summed E-state index contributed by atoms with van der Waals surface area (Å²) in [5, 5.41) is 0. The topological polar surface area (TPSA) is 26.9 Å². The van der Waals surface area contributed by atoms with Gasteiger partial charge in [0.15, 0.2) is 0 Å². The van der Waals surface area contributed by atoms with Crippen LogP contribution < -0.4 is 5.69 Å². The van der Waals surface area contributed by atoms with Crippen molar-refractivity contribution in [3.05, 3.63) is 34.7 Å². The molecule has 1 atom stereocenters. The molecule has 2 fully saturated rings. The Morgan fingerprint density at radius 3 is 2.70 bits per heavy atom. The van der Waals surface area contributed by atoms with Crippen molar-refractivity contribution in [1.82, 2.24) is 9.13 Å². The number of para-hydroxylation sites is 2. The van der Waals surface area contributed by atoms with Crippen molar-refractivity contribution in [3.63, 3.8) is 0 Å². The van der Waals surface area contributed by atoms with Gasteiger partial charge in [0.25, 0.3) is 0 Å². The fraction of sp³-hybridized carbons (Fsp3) is 0.588. The largest absolute Gasteiger partial charge is 0.328 e. The molecule has 3 heteroatoms. The maximum Gasteiger partial charge on any atom is 0.328 e. The van der Waals surface area contributed by atoms with Crippen LogP contribution in [0.5, 0.6) is 0 Å². The standard InChI is InChI=1S/C17H22N2O/c1-18-14-6-2-3-7-15(14)19(16(18)20)12-13-5-4-8-17(11-13)9-10-17/h2-3,6-7,13H,4-5,8-12H2,1H3. The monoisotopic (exact) mass is 270 g/mol. The van der Waals surface area contributed by atoms with Crippen LogP contribution >= 0.6 is 0 Å². The molecular weight excluding hydrogens is 248 g/mol. The van der Waals surface area contributed by atoms with Crippen LogP contribution in [0.25, 0.3) is 11.0 Å². The van der Waals surface area contributed by atoms with Gasteiger partial charge in [0.05, 0.1) is 11.0 Å². The molecule has 0 amide bonds. The van der Waals surface area contributed by atoms with E-state index in [1.165, 1.54) is 38.5 Å². The first kappa shape index (κ1) is 12.2. The van der Waals surface area contributed by atoms with Gasteiger partial charge in [-0.15, -0.1) is 0 Å². The Morgan fingerprint density at radius 1 is 1.20 bits per heavy atom. The van der Waals surface area contributed by atoms with E-state index in [9.17, 15) is 4.79 Å². The Kier molecular flexibility index (Phi) is 2.60. The van der Waals surface area contributed by atoms with Gasteiger partial charge in [0.2, 0.25) is 0 Å². The number of hydrogen-bond acceptors (Lipinski definition) is 1. The average Bonchev–Trinajstić information content (AvgIpc) is 3.17. The molecule has 1 aromatic heterocycles. The van der Waals surface area contributed by atoms with Crippen LogP contribution in [-0.4, -0.2) is 9.13 Å². The van der Waals surface area contributed by atoms with Gasteiger partial charge in [-0.25, -0.2) is 4.79 Å². The van der Waals surface area contributed by atoms with Gasteiger partial charge in [0.1, 0.15) is 0 Å². The number of rotatable bonds is 2. The third-order valence-electron chi connectivity index (χ3n) is 5.49. The summed E-state index contributed by atoms with van der Waals surface area (Å²) in [6.07, 6.45) is 8.25. The van der Waals surface area contributed by atoms with Crippen molar-refractivity contribution >= 4 is 11.0 Å². The van der Waals surface area contributed by atoms with E-state index in [0.717, 1.165) is 17.6 Å². The van der Waals surface area contributed by atoms with Crippen molar-refractivity contribution in [2.24, 2.45) is 18.4 Å². The molecule has 2 aromatic rings. The number of aromatic nitrogens is 2. The molecule has 2 aliphatic rings. The lowest BCUT2D eigenvalue weighted by Crippen LogP contribution is -2.28. The second kappa shape index (κ2) is 4.24. The fourth-order valence-electron chi connectivity index (χ4n) is 4.17. The first-order valence-electron chi connectivity index (χ1n) is 7.83. The molecule has 0 bridgehead atoms. The fourth-order valence-corrected chi connectivity index (χ4v) is 4.17. The lowest BCUT2D eigenvalue weighted by atomic mass is 9.79. The Bertz CT molecular complexity index is 705. The zero-order chi connectivity index (χ0) is 13.7. The SMILES string of the molecule is Cn1c(=O)n(CC2CCCC3(CC3)C2)c2ccccc21. The minimum Gasteiger partial charge on any atom is -0.295 e. The minimum atomic E-state index is 0.140. The molecule has 0 N–H and O–H groups in total. The van der Waals surface area contributed by atoms with Gasteiger partial charge in [-0.05, 0) is 55.6 Å². The minimum absolute atomic E-state index is 0.140. The molecule has 2 saturated carbocycles.